The monoisotopic (exact) mass is 838 g/mol. The highest BCUT2D eigenvalue weighted by atomic mass is 16.5. The van der Waals surface area contributed by atoms with Crippen LogP contribution in [-0.2, 0) is 20.9 Å². The summed E-state index contributed by atoms with van der Waals surface area (Å²) in [4.78, 5) is 72.2. The molecule has 2 fully saturated rings. The molecule has 320 valence electrons. The standard InChI is InChI=1S/C47H50N8O7/c1-24(2)39(53-47(60)61-5)44(56)55-22-26(4)16-37(55)43-49-34-14-12-28-18-33-31-13-11-29(17-30(31)23-62-38(33)19-32(28)41(34)51-43)35-20-48-42(50-35)36-15-25(3)21-54(36)45(57)40(52-46(58)59)27-9-7-6-8-10-27/h6-14,17-20,24-26,36-37,39-40,52H,15-16,21-23H2,1-5H3,(H,48,50)(H,49,51)(H,53,60)(H,58,59)/t25-,26-,36-,37-,39?,40?/m0/s1. The van der Waals surface area contributed by atoms with Gasteiger partial charge in [-0.1, -0.05) is 76.2 Å². The molecule has 4 aromatic carbocycles. The Labute approximate surface area is 358 Å². The third kappa shape index (κ3) is 7.45. The highest BCUT2D eigenvalue weighted by Crippen LogP contribution is 2.44. The number of imidazole rings is 2. The fourth-order valence-electron chi connectivity index (χ4n) is 9.48. The number of carbonyl (C=O) groups excluding carboxylic acids is 3. The second-order valence-electron chi connectivity index (χ2n) is 17.3. The Morgan fingerprint density at radius 2 is 1.58 bits per heavy atom. The number of aromatic amines is 2. The maximum Gasteiger partial charge on any atom is 0.407 e. The van der Waals surface area contributed by atoms with Crippen molar-refractivity contribution in [1.29, 1.82) is 0 Å². The van der Waals surface area contributed by atoms with Crippen LogP contribution >= 0.6 is 0 Å². The van der Waals surface area contributed by atoms with Crippen molar-refractivity contribution >= 4 is 45.8 Å². The van der Waals surface area contributed by atoms with Crippen LogP contribution in [0, 0.1) is 17.8 Å². The van der Waals surface area contributed by atoms with Gasteiger partial charge in [0.2, 0.25) is 5.91 Å². The van der Waals surface area contributed by atoms with Gasteiger partial charge in [-0.2, -0.15) is 0 Å². The summed E-state index contributed by atoms with van der Waals surface area (Å²) in [5, 5.41) is 16.7. The Hall–Kier alpha value is -6.90. The average Bonchev–Trinajstić information content (AvgIpc) is 4.09. The molecular formula is C47H50N8O7. The van der Waals surface area contributed by atoms with Crippen LogP contribution in [0.2, 0.25) is 0 Å². The average molecular weight is 839 g/mol. The second-order valence-corrected chi connectivity index (χ2v) is 17.3. The minimum atomic E-state index is -1.27. The summed E-state index contributed by atoms with van der Waals surface area (Å²) in [5.41, 5.74) is 7.02. The number of nitrogens with one attached hydrogen (secondary N) is 4. The van der Waals surface area contributed by atoms with Gasteiger partial charge in [-0.15, -0.1) is 0 Å². The zero-order valence-electron chi connectivity index (χ0n) is 35.3. The van der Waals surface area contributed by atoms with E-state index in [-0.39, 0.29) is 41.7 Å². The number of carboxylic acid groups (broad SMARTS) is 1. The van der Waals surface area contributed by atoms with E-state index in [0.717, 1.165) is 61.9 Å². The van der Waals surface area contributed by atoms with Crippen LogP contribution in [0.1, 0.15) is 81.4 Å². The Bertz CT molecular complexity index is 2710. The topological polar surface area (TPSA) is 195 Å². The van der Waals surface area contributed by atoms with Crippen LogP contribution < -0.4 is 15.4 Å². The largest absolute Gasteiger partial charge is 0.488 e. The molecule has 0 bridgehead atoms. The van der Waals surface area contributed by atoms with Crippen LogP contribution in [0.5, 0.6) is 5.75 Å². The van der Waals surface area contributed by atoms with Crippen LogP contribution in [0.15, 0.2) is 79.0 Å². The van der Waals surface area contributed by atoms with Gasteiger partial charge in [0.15, 0.2) is 0 Å². The summed E-state index contributed by atoms with van der Waals surface area (Å²) in [6.45, 7) is 9.40. The molecule has 6 aromatic rings. The molecule has 15 nitrogen and oxygen atoms in total. The predicted molar refractivity (Wildman–Crippen MR) is 232 cm³/mol. The number of rotatable bonds is 9. The maximum atomic E-state index is 14.0. The van der Waals surface area contributed by atoms with Gasteiger partial charge in [-0.05, 0) is 82.5 Å². The van der Waals surface area contributed by atoms with Crippen molar-refractivity contribution in [3.8, 4) is 28.1 Å². The zero-order chi connectivity index (χ0) is 43.4. The van der Waals surface area contributed by atoms with Crippen molar-refractivity contribution in [1.82, 2.24) is 40.4 Å². The van der Waals surface area contributed by atoms with Gasteiger partial charge < -0.3 is 45.0 Å². The van der Waals surface area contributed by atoms with Crippen molar-refractivity contribution in [3.63, 3.8) is 0 Å². The summed E-state index contributed by atoms with van der Waals surface area (Å²) in [6, 6.07) is 21.1. The fraction of sp³-hybridized carbons (Fsp3) is 0.362. The van der Waals surface area contributed by atoms with E-state index < -0.39 is 24.3 Å². The number of aromatic nitrogens is 4. The number of hydrogen-bond donors (Lipinski definition) is 5. The van der Waals surface area contributed by atoms with Crippen molar-refractivity contribution in [2.75, 3.05) is 20.2 Å². The lowest BCUT2D eigenvalue weighted by Crippen LogP contribution is -2.51. The summed E-state index contributed by atoms with van der Waals surface area (Å²) in [5.74, 6) is 1.94. The molecule has 3 aliphatic rings. The van der Waals surface area contributed by atoms with Gasteiger partial charge in [-0.3, -0.25) is 9.59 Å². The molecule has 0 spiro atoms. The van der Waals surface area contributed by atoms with Crippen molar-refractivity contribution in [2.24, 2.45) is 17.8 Å². The van der Waals surface area contributed by atoms with Gasteiger partial charge in [0.25, 0.3) is 5.91 Å². The molecule has 3 aliphatic heterocycles. The molecule has 2 saturated heterocycles. The minimum absolute atomic E-state index is 0.138. The number of fused-ring (bicyclic) bond motifs is 6. The Morgan fingerprint density at radius 1 is 0.855 bits per heavy atom. The Kier molecular flexibility index (Phi) is 10.6. The SMILES string of the molecule is COC(=O)NC(C(=O)N1C[C@@H](C)C[C@H]1c1nc2c(ccc3cc4c(cc32)OCc2cc(-c3cnc([C@@H]5C[C@H](C)CN5C(=O)C(NC(=O)O)c5ccccc5)[nH]3)ccc2-4)[nH]1)C(C)C. The highest BCUT2D eigenvalue weighted by Gasteiger charge is 2.41. The first-order chi connectivity index (χ1) is 29.9. The normalized spacial score (nSPS) is 20.4. The highest BCUT2D eigenvalue weighted by molar-refractivity contribution is 6.07. The summed E-state index contributed by atoms with van der Waals surface area (Å²) in [7, 11) is 1.29. The maximum absolute atomic E-state index is 14.0. The van der Waals surface area contributed by atoms with Gasteiger partial charge in [0.05, 0.1) is 42.1 Å². The first-order valence-electron chi connectivity index (χ1n) is 21.1. The van der Waals surface area contributed by atoms with Gasteiger partial charge in [0, 0.05) is 24.0 Å². The molecule has 4 amide bonds. The number of alkyl carbamates (subject to hydrolysis) is 1. The van der Waals surface area contributed by atoms with Gasteiger partial charge in [0.1, 0.15) is 36.1 Å². The van der Waals surface area contributed by atoms with E-state index in [0.29, 0.717) is 43.3 Å². The van der Waals surface area contributed by atoms with Crippen LogP contribution in [0.4, 0.5) is 9.59 Å². The lowest BCUT2D eigenvalue weighted by Gasteiger charge is -2.30. The number of methoxy groups -OCH3 is 1. The van der Waals surface area contributed by atoms with Crippen LogP contribution in [0.25, 0.3) is 44.2 Å². The third-order valence-corrected chi connectivity index (χ3v) is 12.5. The van der Waals surface area contributed by atoms with Crippen molar-refractivity contribution in [3.05, 3.63) is 102 Å². The Balaban J connectivity index is 0.970. The number of benzene rings is 4. The third-order valence-electron chi connectivity index (χ3n) is 12.5. The van der Waals surface area contributed by atoms with E-state index in [1.54, 1.807) is 35.4 Å². The molecule has 62 heavy (non-hydrogen) atoms. The molecule has 15 heteroatoms. The lowest BCUT2D eigenvalue weighted by molar-refractivity contribution is -0.136. The molecule has 2 unspecified atom stereocenters. The molecular weight excluding hydrogens is 789 g/mol. The van der Waals surface area contributed by atoms with E-state index in [2.05, 4.69) is 70.8 Å². The smallest absolute Gasteiger partial charge is 0.407 e. The number of likely N-dealkylation sites (tertiary alicyclic amines) is 2. The van der Waals surface area contributed by atoms with E-state index >= 15 is 0 Å². The molecule has 0 radical (unpaired) electrons. The molecule has 0 aliphatic carbocycles. The van der Waals surface area contributed by atoms with Crippen LogP contribution in [0.3, 0.4) is 0 Å². The first-order valence-corrected chi connectivity index (χ1v) is 21.1. The van der Waals surface area contributed by atoms with E-state index in [1.165, 1.54) is 7.11 Å². The fourth-order valence-corrected chi connectivity index (χ4v) is 9.48. The molecule has 0 saturated carbocycles. The molecule has 9 rings (SSSR count). The molecule has 5 N–H and O–H groups in total. The number of hydrogen-bond acceptors (Lipinski definition) is 8. The minimum Gasteiger partial charge on any atom is -0.488 e. The summed E-state index contributed by atoms with van der Waals surface area (Å²) in [6.07, 6.45) is 1.31. The number of H-pyrrole nitrogens is 2. The number of amides is 4. The predicted octanol–water partition coefficient (Wildman–Crippen LogP) is 7.87. The lowest BCUT2D eigenvalue weighted by atomic mass is 9.92. The number of ether oxygens (including phenoxy) is 2. The summed E-state index contributed by atoms with van der Waals surface area (Å²) >= 11 is 0. The number of carbonyl (C=O) groups is 4. The van der Waals surface area contributed by atoms with Crippen molar-refractivity contribution < 1.29 is 33.8 Å². The zero-order valence-corrected chi connectivity index (χ0v) is 35.3. The molecule has 6 atom stereocenters. The van der Waals surface area contributed by atoms with Crippen molar-refractivity contribution in [2.45, 2.75) is 71.3 Å². The Morgan fingerprint density at radius 3 is 2.29 bits per heavy atom. The van der Waals surface area contributed by atoms with Gasteiger partial charge in [-0.25, -0.2) is 19.6 Å². The van der Waals surface area contributed by atoms with E-state index in [9.17, 15) is 24.3 Å². The second kappa shape index (κ2) is 16.2. The van der Waals surface area contributed by atoms with E-state index in [1.807, 2.05) is 30.9 Å². The molecule has 2 aromatic heterocycles. The quantitative estimate of drug-likeness (QED) is 0.0963. The molecule has 5 heterocycles. The van der Waals surface area contributed by atoms with E-state index in [4.69, 9.17) is 19.4 Å². The van der Waals surface area contributed by atoms with Gasteiger partial charge >= 0.3 is 12.2 Å². The number of nitrogens with zero attached hydrogens (tertiary/aromatic N) is 4. The first kappa shape index (κ1) is 40.5. The van der Waals surface area contributed by atoms with Crippen LogP contribution in [-0.4, -0.2) is 85.1 Å². The summed E-state index contributed by atoms with van der Waals surface area (Å²) < 4.78 is 11.2.